The predicted octanol–water partition coefficient (Wildman–Crippen LogP) is 6.57. The van der Waals surface area contributed by atoms with Crippen molar-refractivity contribution < 1.29 is 37.4 Å². The van der Waals surface area contributed by atoms with Crippen molar-refractivity contribution >= 4 is 57.3 Å². The van der Waals surface area contributed by atoms with Crippen LogP contribution in [0.15, 0.2) is 46.5 Å². The molecule has 3 aliphatic heterocycles. The van der Waals surface area contributed by atoms with E-state index >= 15 is 0 Å². The van der Waals surface area contributed by atoms with Gasteiger partial charge in [-0.3, -0.25) is 29.4 Å². The van der Waals surface area contributed by atoms with Gasteiger partial charge in [0.25, 0.3) is 5.91 Å². The molecule has 12 nitrogen and oxygen atoms in total. The highest BCUT2D eigenvalue weighted by atomic mass is 32.2. The number of carbonyl (C=O) groups is 3. The molecule has 2 amide bonds. The summed E-state index contributed by atoms with van der Waals surface area (Å²) in [6, 6.07) is 3.71. The Balaban J connectivity index is 1.54. The molecule has 2 aromatic rings. The van der Waals surface area contributed by atoms with Crippen LogP contribution in [-0.2, 0) is 41.6 Å². The van der Waals surface area contributed by atoms with Crippen molar-refractivity contribution in [2.45, 2.75) is 111 Å². The van der Waals surface area contributed by atoms with Gasteiger partial charge in [0.1, 0.15) is 29.9 Å². The number of cyclic esters (lactones) is 1. The molecule has 15 heteroatoms. The van der Waals surface area contributed by atoms with Crippen molar-refractivity contribution in [1.82, 2.24) is 20.3 Å². The van der Waals surface area contributed by atoms with Gasteiger partial charge in [-0.25, -0.2) is 14.2 Å². The molecular formula is C44H60F2N6O6S. The summed E-state index contributed by atoms with van der Waals surface area (Å²) in [5, 5.41) is 5.65. The summed E-state index contributed by atoms with van der Waals surface area (Å²) in [7, 11) is 1.65. The number of esters is 1. The normalized spacial score (nSPS) is 28.7. The van der Waals surface area contributed by atoms with Crippen LogP contribution < -0.4 is 10.7 Å². The van der Waals surface area contributed by atoms with Gasteiger partial charge in [0.05, 0.1) is 36.8 Å². The van der Waals surface area contributed by atoms with Crippen molar-refractivity contribution in [3.63, 3.8) is 0 Å². The highest BCUT2D eigenvalue weighted by Gasteiger charge is 2.50. The number of aromatic nitrogens is 1. The molecule has 9 atom stereocenters. The molecule has 1 unspecified atom stereocenters. The molecule has 1 saturated heterocycles. The number of thioether (sulfide) groups is 1. The Morgan fingerprint density at radius 2 is 2.02 bits per heavy atom. The molecule has 0 radical (unpaired) electrons. The zero-order chi connectivity index (χ0) is 42.8. The van der Waals surface area contributed by atoms with Gasteiger partial charge in [-0.15, -0.1) is 11.8 Å². The number of benzene rings is 1. The van der Waals surface area contributed by atoms with Crippen molar-refractivity contribution in [3.05, 3.63) is 53.4 Å². The molecular weight excluding hydrogens is 779 g/mol. The monoisotopic (exact) mass is 838 g/mol. The molecule has 1 aromatic carbocycles. The zero-order valence-electron chi connectivity index (χ0n) is 35.6. The molecule has 1 aliphatic carbocycles. The van der Waals surface area contributed by atoms with Crippen LogP contribution in [0.1, 0.15) is 84.2 Å². The topological polar surface area (TPSA) is 136 Å². The van der Waals surface area contributed by atoms with Crippen molar-refractivity contribution in [3.8, 4) is 0 Å². The Bertz CT molecular complexity index is 2010. The van der Waals surface area contributed by atoms with Gasteiger partial charge in [0.15, 0.2) is 6.17 Å². The number of aryl methyl sites for hydroxylation is 1. The second kappa shape index (κ2) is 18.8. The summed E-state index contributed by atoms with van der Waals surface area (Å²) in [6.45, 7) is 17.3. The van der Waals surface area contributed by atoms with Crippen LogP contribution in [0.3, 0.4) is 0 Å². The van der Waals surface area contributed by atoms with E-state index in [-0.39, 0.29) is 49.0 Å². The minimum absolute atomic E-state index is 0.0930. The number of hydrazine groups is 1. The highest BCUT2D eigenvalue weighted by Crippen LogP contribution is 2.46. The van der Waals surface area contributed by atoms with Crippen LogP contribution >= 0.6 is 11.8 Å². The number of alkyl halides is 2. The first kappa shape index (κ1) is 44.6. The van der Waals surface area contributed by atoms with Crippen LogP contribution in [0.4, 0.5) is 8.78 Å². The number of carbonyl (C=O) groups excluding carboxylic acids is 3. The molecule has 0 spiro atoms. The maximum absolute atomic E-state index is 14.6. The van der Waals surface area contributed by atoms with Crippen LogP contribution in [0.25, 0.3) is 16.5 Å². The summed E-state index contributed by atoms with van der Waals surface area (Å²) in [5.74, 6) is -1.01. The number of methoxy groups -OCH3 is 1. The number of ether oxygens (including phenoxy) is 3. The number of nitrogens with zero attached hydrogens (tertiary/aromatic N) is 4. The van der Waals surface area contributed by atoms with Crippen LogP contribution in [0.5, 0.6) is 0 Å². The van der Waals surface area contributed by atoms with Crippen LogP contribution in [0, 0.1) is 23.2 Å². The lowest BCUT2D eigenvalue weighted by atomic mass is 9.84. The Labute approximate surface area is 350 Å². The minimum atomic E-state index is -1.94. The van der Waals surface area contributed by atoms with Gasteiger partial charge >= 0.3 is 5.97 Å². The largest absolute Gasteiger partial charge is 0.464 e. The fraction of sp³-hybridized carbons (Fsp3) is 0.614. The van der Waals surface area contributed by atoms with Crippen molar-refractivity contribution in [2.75, 3.05) is 39.3 Å². The SMILES string of the molecule is C=C/C(=C(\N=C/C)[C@H](C)OC)c1c2c3cc(ccc3n1CC)C1CSC(=N1)[C@@H](OC[C@@H](F)CF)[C@H](NC(=O)[C@H]1[C@H](C)[C@@H]1C)C(=O)N1CCC[C@H](N1)C(=O)OCC(C)(C)C2. The fourth-order valence-electron chi connectivity index (χ4n) is 8.55. The number of amides is 2. The van der Waals surface area contributed by atoms with Gasteiger partial charge in [-0.2, -0.15) is 0 Å². The molecule has 6 bridgehead atoms. The zero-order valence-corrected chi connectivity index (χ0v) is 36.4. The Hall–Kier alpha value is -3.92. The Morgan fingerprint density at radius 1 is 1.27 bits per heavy atom. The third kappa shape index (κ3) is 9.38. The van der Waals surface area contributed by atoms with E-state index in [4.69, 9.17) is 24.2 Å². The number of allylic oxidation sites excluding steroid dienone is 2. The first-order valence-electron chi connectivity index (χ1n) is 20.8. The first-order valence-corrected chi connectivity index (χ1v) is 21.8. The number of fused-ring (bicyclic) bond motifs is 5. The number of hydrogen-bond donors (Lipinski definition) is 2. The van der Waals surface area contributed by atoms with Crippen molar-refractivity contribution in [1.29, 1.82) is 0 Å². The standard InChI is InChI=1S/C44H60F2N6O6S/c1-10-29(36(47-11-2)26(6)56-9)38-31-19-44(7,8)23-58-43(55)32-14-13-17-52(50-32)42(54)37(49-40(53)35-24(4)25(35)5)39(57-21-28(46)20-45)41-48-33(22-59-41)27-15-16-34(30(31)18-27)51(38)12-3/h10-11,15-16,18,24-26,28,32-33,35,37,39,50H,1,12-14,17,19-23H2,2-9H3,(H,49,53)/b36-29+,47-11-/t24-,25+,26-,28-,32-,33?,35+,37-,39-/m0/s1. The summed E-state index contributed by atoms with van der Waals surface area (Å²) in [6.07, 6.45) is 1.49. The first-order chi connectivity index (χ1) is 28.2. The average molecular weight is 839 g/mol. The lowest BCUT2D eigenvalue weighted by Gasteiger charge is -2.37. The quantitative estimate of drug-likeness (QED) is 0.139. The number of aliphatic imine (C=N–C) groups is 2. The molecule has 1 saturated carbocycles. The molecule has 6 rings (SSSR count). The molecule has 4 heterocycles. The molecule has 322 valence electrons. The Kier molecular flexibility index (Phi) is 14.2. The van der Waals surface area contributed by atoms with Crippen LogP contribution in [0.2, 0.25) is 0 Å². The van der Waals surface area contributed by atoms with Gasteiger partial charge < -0.3 is 24.1 Å². The maximum atomic E-state index is 14.6. The molecule has 2 fully saturated rings. The average Bonchev–Trinajstić information content (AvgIpc) is 3.50. The van der Waals surface area contributed by atoms with E-state index in [1.54, 1.807) is 13.3 Å². The van der Waals surface area contributed by atoms with Gasteiger partial charge in [0, 0.05) is 60.0 Å². The second-order valence-corrected chi connectivity index (χ2v) is 17.9. The van der Waals surface area contributed by atoms with E-state index in [0.29, 0.717) is 36.6 Å². The lowest BCUT2D eigenvalue weighted by Crippen LogP contribution is -2.63. The fourth-order valence-corrected chi connectivity index (χ4v) is 9.71. The molecule has 59 heavy (non-hydrogen) atoms. The molecule has 4 aliphatic rings. The van der Waals surface area contributed by atoms with E-state index < -0.39 is 54.9 Å². The molecule has 1 aromatic heterocycles. The number of halogens is 2. The Morgan fingerprint density at radius 3 is 2.66 bits per heavy atom. The van der Waals surface area contributed by atoms with E-state index in [1.807, 2.05) is 39.8 Å². The van der Waals surface area contributed by atoms with Gasteiger partial charge in [-0.1, -0.05) is 46.4 Å². The van der Waals surface area contributed by atoms with Gasteiger partial charge in [0.2, 0.25) is 5.91 Å². The highest BCUT2D eigenvalue weighted by molar-refractivity contribution is 8.14. The molecule has 2 N–H and O–H groups in total. The third-order valence-electron chi connectivity index (χ3n) is 12.2. The predicted molar refractivity (Wildman–Crippen MR) is 229 cm³/mol. The maximum Gasteiger partial charge on any atom is 0.324 e. The van der Waals surface area contributed by atoms with Crippen molar-refractivity contribution in [2.24, 2.45) is 33.2 Å². The van der Waals surface area contributed by atoms with E-state index in [0.717, 1.165) is 39.0 Å². The third-order valence-corrected chi connectivity index (χ3v) is 13.3. The summed E-state index contributed by atoms with van der Waals surface area (Å²) < 4.78 is 48.3. The smallest absolute Gasteiger partial charge is 0.324 e. The second-order valence-electron chi connectivity index (χ2n) is 16.9. The lowest BCUT2D eigenvalue weighted by molar-refractivity contribution is -0.156. The van der Waals surface area contributed by atoms with Crippen LogP contribution in [-0.4, -0.2) is 108 Å². The van der Waals surface area contributed by atoms with E-state index in [1.165, 1.54) is 16.8 Å². The minimum Gasteiger partial charge on any atom is -0.464 e. The summed E-state index contributed by atoms with van der Waals surface area (Å²) >= 11 is 1.37. The van der Waals surface area contributed by atoms with E-state index in [9.17, 15) is 23.2 Å². The number of nitrogens with one attached hydrogen (secondary N) is 2. The number of hydrogen-bond acceptors (Lipinski definition) is 10. The van der Waals surface area contributed by atoms with Gasteiger partial charge in [-0.05, 0) is 75.1 Å². The van der Waals surface area contributed by atoms with E-state index in [2.05, 4.69) is 54.8 Å². The summed E-state index contributed by atoms with van der Waals surface area (Å²) in [5.41, 5.74) is 7.96. The number of rotatable bonds is 12. The summed E-state index contributed by atoms with van der Waals surface area (Å²) in [4.78, 5) is 52.0.